The fraction of sp³-hybridized carbons (Fsp3) is 0.457. The molecule has 4 heteroatoms. The third kappa shape index (κ3) is 10.1. The summed E-state index contributed by atoms with van der Waals surface area (Å²) in [4.78, 5) is 5.56. The second kappa shape index (κ2) is 22.3. The highest BCUT2D eigenvalue weighted by Gasteiger charge is 2.47. The van der Waals surface area contributed by atoms with E-state index in [0.717, 1.165) is 44.9 Å². The summed E-state index contributed by atoms with van der Waals surface area (Å²) < 4.78 is 2.89. The molecule has 2 aliphatic heterocycles. The van der Waals surface area contributed by atoms with Crippen LogP contribution in [-0.4, -0.2) is 6.71 Å². The first-order valence-corrected chi connectivity index (χ1v) is 30.6. The average molecular weight is 999 g/mol. The lowest BCUT2D eigenvalue weighted by molar-refractivity contribution is 0.332. The summed E-state index contributed by atoms with van der Waals surface area (Å²) in [6.45, 7) is 24.1. The number of benzene rings is 6. The summed E-state index contributed by atoms with van der Waals surface area (Å²) in [5, 5.41) is 1.42. The van der Waals surface area contributed by atoms with Gasteiger partial charge in [0.2, 0.25) is 0 Å². The number of aryl methyl sites for hydroxylation is 6. The molecule has 74 heavy (non-hydrogen) atoms. The standard InChI is InChI=1S/C70H87BN2S/c1-11-17-23-48-29-34-61(56(42-48)54-40-51(26-20-14-4)39-52(41-54)27-21-15-5)73-62-35-30-50(25-19-13-3)44-60(62)71-66-63(45-53(28-22-16-6)46-64(66)73)72(55-32-33-58-59(47-55)70(9,10)38-37-69(58,7)8)67-57-43-49(24-18-12-2)31-36-65(57)74-68(67)71/h29-36,39-47H,11-28,37-38H2,1-10H3. The lowest BCUT2D eigenvalue weighted by Gasteiger charge is -2.45. The van der Waals surface area contributed by atoms with Crippen LogP contribution in [0.1, 0.15) is 204 Å². The molecule has 6 aromatic carbocycles. The van der Waals surface area contributed by atoms with Crippen LogP contribution in [0.15, 0.2) is 103 Å². The molecule has 10 rings (SSSR count). The van der Waals surface area contributed by atoms with Gasteiger partial charge >= 0.3 is 0 Å². The smallest absolute Gasteiger partial charge is 0.264 e. The third-order valence-corrected chi connectivity index (χ3v) is 18.7. The van der Waals surface area contributed by atoms with Crippen LogP contribution in [0.4, 0.5) is 34.1 Å². The Bertz CT molecular complexity index is 3100. The minimum Gasteiger partial charge on any atom is -0.311 e. The van der Waals surface area contributed by atoms with Crippen molar-refractivity contribution in [1.29, 1.82) is 0 Å². The van der Waals surface area contributed by atoms with Gasteiger partial charge in [0, 0.05) is 43.2 Å². The number of nitrogens with zero attached hydrogens (tertiary/aromatic N) is 2. The maximum absolute atomic E-state index is 2.79. The first-order chi connectivity index (χ1) is 35.9. The quantitative estimate of drug-likeness (QED) is 0.0662. The van der Waals surface area contributed by atoms with Crippen molar-refractivity contribution >= 4 is 78.0 Å². The van der Waals surface area contributed by atoms with E-state index in [1.54, 1.807) is 0 Å². The Morgan fingerprint density at radius 1 is 0.446 bits per heavy atom. The van der Waals surface area contributed by atoms with Crippen LogP contribution < -0.4 is 25.5 Å². The molecule has 0 saturated heterocycles. The topological polar surface area (TPSA) is 6.48 Å². The number of hydrogen-bond acceptors (Lipinski definition) is 3. The van der Waals surface area contributed by atoms with Crippen LogP contribution in [0.5, 0.6) is 0 Å². The van der Waals surface area contributed by atoms with Crippen molar-refractivity contribution in [3.8, 4) is 11.1 Å². The van der Waals surface area contributed by atoms with E-state index in [-0.39, 0.29) is 17.5 Å². The van der Waals surface area contributed by atoms with Crippen LogP contribution in [0.3, 0.4) is 0 Å². The van der Waals surface area contributed by atoms with Gasteiger partial charge in [-0.05, 0) is 216 Å². The predicted octanol–water partition coefficient (Wildman–Crippen LogP) is 19.1. The maximum atomic E-state index is 2.79. The van der Waals surface area contributed by atoms with E-state index >= 15 is 0 Å². The number of thiophene rings is 1. The zero-order chi connectivity index (χ0) is 51.7. The summed E-state index contributed by atoms with van der Waals surface area (Å²) in [5.74, 6) is 0. The molecule has 1 aliphatic carbocycles. The lowest BCUT2D eigenvalue weighted by atomic mass is 9.36. The fourth-order valence-electron chi connectivity index (χ4n) is 13.0. The van der Waals surface area contributed by atoms with Crippen LogP contribution in [0, 0.1) is 0 Å². The minimum atomic E-state index is 0.0863. The SMILES string of the molecule is CCCCc1cc(CCCC)cc(-c2cc(CCCC)ccc2N2c3ccc(CCCC)cc3B3c4sc5ccc(CCCC)cc5c4N(c4ccc5c(c4)C(C)(C)CCC5(C)C)c4cc(CCCC)cc2c43)c1. The molecule has 0 spiro atoms. The van der Waals surface area contributed by atoms with Crippen molar-refractivity contribution in [1.82, 2.24) is 0 Å². The molecule has 0 atom stereocenters. The second-order valence-corrected chi connectivity index (χ2v) is 25.3. The summed E-state index contributed by atoms with van der Waals surface area (Å²) >= 11 is 2.07. The average Bonchev–Trinajstić information content (AvgIpc) is 3.79. The molecule has 386 valence electrons. The molecule has 0 bridgehead atoms. The molecule has 0 unspecified atom stereocenters. The van der Waals surface area contributed by atoms with Crippen LogP contribution in [-0.2, 0) is 49.4 Å². The van der Waals surface area contributed by atoms with E-state index in [2.05, 4.69) is 194 Å². The zero-order valence-corrected chi connectivity index (χ0v) is 48.2. The molecule has 0 saturated carbocycles. The molecule has 0 amide bonds. The van der Waals surface area contributed by atoms with Gasteiger partial charge in [0.15, 0.2) is 0 Å². The van der Waals surface area contributed by atoms with Gasteiger partial charge in [-0.1, -0.05) is 156 Å². The Labute approximate surface area is 452 Å². The van der Waals surface area contributed by atoms with Gasteiger partial charge in [-0.15, -0.1) is 11.3 Å². The molecule has 3 heterocycles. The van der Waals surface area contributed by atoms with Crippen molar-refractivity contribution in [2.75, 3.05) is 9.80 Å². The molecule has 7 aromatic rings. The van der Waals surface area contributed by atoms with E-state index in [9.17, 15) is 0 Å². The van der Waals surface area contributed by atoms with Crippen molar-refractivity contribution in [2.24, 2.45) is 0 Å². The number of hydrogen-bond donors (Lipinski definition) is 0. The van der Waals surface area contributed by atoms with Gasteiger partial charge in [0.05, 0.1) is 11.4 Å². The molecule has 0 fully saturated rings. The summed E-state index contributed by atoms with van der Waals surface area (Å²) in [6.07, 6.45) is 23.4. The molecule has 0 N–H and O–H groups in total. The van der Waals surface area contributed by atoms with Crippen LogP contribution in [0.2, 0.25) is 0 Å². The van der Waals surface area contributed by atoms with Gasteiger partial charge < -0.3 is 9.80 Å². The predicted molar refractivity (Wildman–Crippen MR) is 328 cm³/mol. The number of fused-ring (bicyclic) bond motifs is 7. The molecule has 0 radical (unpaired) electrons. The molecular formula is C70H87BN2S. The largest absolute Gasteiger partial charge is 0.311 e. The highest BCUT2D eigenvalue weighted by atomic mass is 32.1. The Hall–Kier alpha value is -5.06. The van der Waals surface area contributed by atoms with Crippen LogP contribution >= 0.6 is 11.3 Å². The van der Waals surface area contributed by atoms with E-state index < -0.39 is 0 Å². The van der Waals surface area contributed by atoms with Crippen molar-refractivity contribution in [3.63, 3.8) is 0 Å². The highest BCUT2D eigenvalue weighted by Crippen LogP contribution is 2.53. The normalized spacial score (nSPS) is 15.1. The maximum Gasteiger partial charge on any atom is 0.264 e. The van der Waals surface area contributed by atoms with Gasteiger partial charge in [0.1, 0.15) is 0 Å². The molecule has 3 aliphatic rings. The second-order valence-electron chi connectivity index (χ2n) is 24.2. The molecular weight excluding hydrogens is 912 g/mol. The van der Waals surface area contributed by atoms with Gasteiger partial charge in [0.25, 0.3) is 6.71 Å². The van der Waals surface area contributed by atoms with E-state index in [1.807, 2.05) is 0 Å². The van der Waals surface area contributed by atoms with E-state index in [0.29, 0.717) is 0 Å². The third-order valence-electron chi connectivity index (χ3n) is 17.5. The van der Waals surface area contributed by atoms with Gasteiger partial charge in [-0.25, -0.2) is 0 Å². The van der Waals surface area contributed by atoms with E-state index in [1.165, 1.54) is 199 Å². The van der Waals surface area contributed by atoms with Crippen molar-refractivity contribution in [3.05, 3.63) is 148 Å². The Balaban J connectivity index is 1.30. The summed E-state index contributed by atoms with van der Waals surface area (Å²) in [5.41, 5.74) is 25.8. The molecule has 1 aromatic heterocycles. The zero-order valence-electron chi connectivity index (χ0n) is 47.3. The van der Waals surface area contributed by atoms with Gasteiger partial charge in [-0.3, -0.25) is 0 Å². The minimum absolute atomic E-state index is 0.0863. The summed E-state index contributed by atoms with van der Waals surface area (Å²) in [7, 11) is 0. The molecule has 2 nitrogen and oxygen atoms in total. The summed E-state index contributed by atoms with van der Waals surface area (Å²) in [6, 6.07) is 43.4. The number of anilines is 6. The lowest BCUT2D eigenvalue weighted by Crippen LogP contribution is -2.60. The first kappa shape index (κ1) is 52.4. The Morgan fingerprint density at radius 3 is 1.54 bits per heavy atom. The van der Waals surface area contributed by atoms with E-state index in [4.69, 9.17) is 0 Å². The first-order valence-electron chi connectivity index (χ1n) is 29.8. The Morgan fingerprint density at radius 2 is 0.946 bits per heavy atom. The fourth-order valence-corrected chi connectivity index (χ4v) is 14.3. The highest BCUT2D eigenvalue weighted by molar-refractivity contribution is 7.33. The van der Waals surface area contributed by atoms with Crippen LogP contribution in [0.25, 0.3) is 21.2 Å². The van der Waals surface area contributed by atoms with Crippen molar-refractivity contribution in [2.45, 2.75) is 208 Å². The van der Waals surface area contributed by atoms with Crippen molar-refractivity contribution < 1.29 is 0 Å². The number of unbranched alkanes of at least 4 members (excludes halogenated alkanes) is 6. The monoisotopic (exact) mass is 999 g/mol. The Kier molecular flexibility index (Phi) is 15.8. The van der Waals surface area contributed by atoms with Gasteiger partial charge in [-0.2, -0.15) is 0 Å². The number of rotatable bonds is 21.